The van der Waals surface area contributed by atoms with Gasteiger partial charge in [-0.3, -0.25) is 26.4 Å². The summed E-state index contributed by atoms with van der Waals surface area (Å²) in [7, 11) is -18.1. The van der Waals surface area contributed by atoms with Crippen LogP contribution in [0.3, 0.4) is 0 Å². The van der Waals surface area contributed by atoms with Crippen LogP contribution in [0.2, 0.25) is 0 Å². The average Bonchev–Trinajstić information content (AvgIpc) is 2.52. The van der Waals surface area contributed by atoms with Gasteiger partial charge in [-0.15, -0.1) is 0 Å². The molecule has 0 saturated carbocycles. The van der Waals surface area contributed by atoms with Gasteiger partial charge in [0.05, 0.1) is 0 Å². The van der Waals surface area contributed by atoms with E-state index < -0.39 is 54.1 Å². The minimum absolute atomic E-state index is 0.0270. The maximum atomic E-state index is 13.5. The first kappa shape index (κ1) is 28.0. The van der Waals surface area contributed by atoms with Gasteiger partial charge in [0.1, 0.15) is 5.82 Å². The number of nitrogens with zero attached hydrogens (tertiary/aromatic N) is 2. The third-order valence-electron chi connectivity index (χ3n) is 2.90. The van der Waals surface area contributed by atoms with Gasteiger partial charge in [-0.2, -0.15) is 0 Å². The lowest BCUT2D eigenvalue weighted by molar-refractivity contribution is 0.346. The predicted molar refractivity (Wildman–Crippen MR) is 114 cm³/mol. The Hall–Kier alpha value is 0.940. The molecule has 4 N–H and O–H groups in total. The molecule has 1 aromatic heterocycles. The minimum Gasteiger partial charge on any atom is -0.350 e. The molecule has 0 bridgehead atoms. The molecule has 18 heteroatoms. The van der Waals surface area contributed by atoms with Crippen LogP contribution in [0.5, 0.6) is 0 Å². The number of aryl methyl sites for hydroxylation is 1. The first-order chi connectivity index (χ1) is 13.4. The van der Waals surface area contributed by atoms with Gasteiger partial charge in [0, 0.05) is 45.5 Å². The standard InChI is InChI=1S/C11H24N2O10P6/c1-24(14)20-28(18,21-25(2)15)11(7-6-10-12-8-5-9-13-10)29(19,22-26(3)16)23-27(4)17/h5,8-9,11,14-17H,6-7H2,1-4H3. The summed E-state index contributed by atoms with van der Waals surface area (Å²) in [6.45, 7) is 4.84. The van der Waals surface area contributed by atoms with Crippen molar-refractivity contribution in [1.29, 1.82) is 0 Å². The first-order valence-electron chi connectivity index (χ1n) is 7.82. The summed E-state index contributed by atoms with van der Waals surface area (Å²) < 4.78 is 47.4. The zero-order valence-electron chi connectivity index (χ0n) is 16.0. The first-order valence-corrected chi connectivity index (χ1v) is 17.7. The highest BCUT2D eigenvalue weighted by atomic mass is 31.3. The Bertz CT molecular complexity index is 643. The number of hydrogen-bond acceptors (Lipinski definition) is 12. The smallest absolute Gasteiger partial charge is 0.350 e. The molecule has 0 fully saturated rings. The van der Waals surface area contributed by atoms with E-state index >= 15 is 0 Å². The van der Waals surface area contributed by atoms with E-state index in [-0.39, 0.29) is 12.8 Å². The molecule has 0 aliphatic carbocycles. The molecule has 168 valence electrons. The highest BCUT2D eigenvalue weighted by Crippen LogP contribution is 2.80. The van der Waals surface area contributed by atoms with Crippen LogP contribution in [0.1, 0.15) is 12.2 Å². The molecule has 0 aliphatic rings. The van der Waals surface area contributed by atoms with Crippen LogP contribution in [-0.2, 0) is 32.8 Å². The zero-order valence-corrected chi connectivity index (χ0v) is 21.4. The largest absolute Gasteiger partial charge is 0.356 e. The minimum atomic E-state index is -4.53. The number of rotatable bonds is 13. The molecule has 0 radical (unpaired) electrons. The third-order valence-corrected chi connectivity index (χ3v) is 14.0. The van der Waals surface area contributed by atoms with Crippen LogP contribution < -0.4 is 0 Å². The summed E-state index contributed by atoms with van der Waals surface area (Å²) in [6, 6.07) is 1.59. The molecule has 0 aromatic carbocycles. The summed E-state index contributed by atoms with van der Waals surface area (Å²) >= 11 is 0. The maximum Gasteiger partial charge on any atom is 0.356 e. The number of hydrogen-bond donors (Lipinski definition) is 4. The van der Waals surface area contributed by atoms with Crippen LogP contribution in [0.15, 0.2) is 18.5 Å². The van der Waals surface area contributed by atoms with Gasteiger partial charge in [-0.05, 0) is 12.5 Å². The molecule has 0 aliphatic heterocycles. The van der Waals surface area contributed by atoms with Crippen molar-refractivity contribution in [3.05, 3.63) is 24.3 Å². The van der Waals surface area contributed by atoms with Crippen molar-refractivity contribution in [3.8, 4) is 0 Å². The Labute approximate surface area is 174 Å². The second-order valence-corrected chi connectivity index (χ2v) is 15.6. The van der Waals surface area contributed by atoms with E-state index in [2.05, 4.69) is 9.97 Å². The maximum absolute atomic E-state index is 13.5. The summed E-state index contributed by atoms with van der Waals surface area (Å²) in [4.78, 5) is 46.8. The zero-order chi connectivity index (χ0) is 22.2. The van der Waals surface area contributed by atoms with Gasteiger partial charge in [-0.1, -0.05) is 0 Å². The highest BCUT2D eigenvalue weighted by molar-refractivity contribution is 7.82. The molecular formula is C11H24N2O10P6. The molecule has 1 rings (SSSR count). The monoisotopic (exact) mass is 530 g/mol. The van der Waals surface area contributed by atoms with Gasteiger partial charge in [0.15, 0.2) is 38.9 Å². The Kier molecular flexibility index (Phi) is 12.4. The summed E-state index contributed by atoms with van der Waals surface area (Å²) in [5, 5.41) is -1.68. The lowest BCUT2D eigenvalue weighted by atomic mass is 10.3. The van der Waals surface area contributed by atoms with Crippen LogP contribution in [0.4, 0.5) is 0 Å². The van der Waals surface area contributed by atoms with E-state index in [1.165, 1.54) is 39.1 Å². The summed E-state index contributed by atoms with van der Waals surface area (Å²) in [6.07, 6.45) is 2.75. The lowest BCUT2D eigenvalue weighted by Gasteiger charge is -2.33. The van der Waals surface area contributed by atoms with Crippen LogP contribution in [0.25, 0.3) is 0 Å². The topological polar surface area (TPSA) is 178 Å². The Morgan fingerprint density at radius 1 is 0.828 bits per heavy atom. The normalized spacial score (nSPS) is 21.4. The fraction of sp³-hybridized carbons (Fsp3) is 0.636. The van der Waals surface area contributed by atoms with Gasteiger partial charge >= 0.3 is 15.2 Å². The molecule has 4 unspecified atom stereocenters. The third kappa shape index (κ3) is 9.95. The fourth-order valence-corrected chi connectivity index (χ4v) is 13.7. The molecule has 0 amide bonds. The summed E-state index contributed by atoms with van der Waals surface area (Å²) in [5.74, 6) is 0.312. The van der Waals surface area contributed by atoms with E-state index in [0.717, 1.165) is 0 Å². The van der Waals surface area contributed by atoms with Gasteiger partial charge in [0.25, 0.3) is 0 Å². The Morgan fingerprint density at radius 2 is 1.17 bits per heavy atom. The van der Waals surface area contributed by atoms with E-state index in [0.29, 0.717) is 5.82 Å². The second kappa shape index (κ2) is 12.8. The van der Waals surface area contributed by atoms with Gasteiger partial charge in [0.2, 0.25) is 0 Å². The summed E-state index contributed by atoms with van der Waals surface area (Å²) in [5.41, 5.74) is 0. The van der Waals surface area contributed by atoms with Crippen molar-refractivity contribution >= 4 is 48.7 Å². The van der Waals surface area contributed by atoms with Crippen molar-refractivity contribution in [2.45, 2.75) is 18.2 Å². The SMILES string of the molecule is CP(O)OP(=O)(OP(C)O)C(CCc1ncccn1)P(=O)(OP(C)O)OP(C)O. The highest BCUT2D eigenvalue weighted by Gasteiger charge is 2.54. The molecule has 1 aromatic rings. The van der Waals surface area contributed by atoms with E-state index in [4.69, 9.17) is 17.2 Å². The average molecular weight is 530 g/mol. The second-order valence-electron chi connectivity index (χ2n) is 5.45. The van der Waals surface area contributed by atoms with E-state index in [1.54, 1.807) is 6.07 Å². The molecule has 0 saturated heterocycles. The van der Waals surface area contributed by atoms with Crippen molar-refractivity contribution in [2.24, 2.45) is 0 Å². The lowest BCUT2D eigenvalue weighted by Crippen LogP contribution is -2.16. The Balaban J connectivity index is 3.42. The molecule has 12 nitrogen and oxygen atoms in total. The van der Waals surface area contributed by atoms with Crippen LogP contribution in [-0.4, -0.2) is 61.6 Å². The molecule has 4 atom stereocenters. The quantitative estimate of drug-likeness (QED) is 0.271. The van der Waals surface area contributed by atoms with Crippen molar-refractivity contribution < 1.29 is 45.9 Å². The van der Waals surface area contributed by atoms with Crippen LogP contribution in [0, 0.1) is 0 Å². The van der Waals surface area contributed by atoms with E-state index in [1.807, 2.05) is 0 Å². The Morgan fingerprint density at radius 3 is 1.48 bits per heavy atom. The fourth-order valence-electron chi connectivity index (χ4n) is 2.11. The van der Waals surface area contributed by atoms with Gasteiger partial charge in [-0.25, -0.2) is 9.97 Å². The molecular weight excluding hydrogens is 506 g/mol. The van der Waals surface area contributed by atoms with Crippen molar-refractivity contribution in [2.75, 3.05) is 26.7 Å². The van der Waals surface area contributed by atoms with E-state index in [9.17, 15) is 28.7 Å². The molecule has 1 heterocycles. The molecule has 29 heavy (non-hydrogen) atoms. The predicted octanol–water partition coefficient (Wildman–Crippen LogP) is 3.92. The van der Waals surface area contributed by atoms with Gasteiger partial charge < -0.3 is 19.6 Å². The molecule has 0 spiro atoms. The van der Waals surface area contributed by atoms with Crippen molar-refractivity contribution in [1.82, 2.24) is 9.97 Å². The number of aromatic nitrogens is 2. The van der Waals surface area contributed by atoms with Crippen LogP contribution >= 0.6 is 48.7 Å². The van der Waals surface area contributed by atoms with Crippen molar-refractivity contribution in [3.63, 3.8) is 0 Å².